The molecule has 1 saturated heterocycles. The lowest BCUT2D eigenvalue weighted by atomic mass is 9.89. The van der Waals surface area contributed by atoms with Gasteiger partial charge in [-0.3, -0.25) is 9.59 Å². The Morgan fingerprint density at radius 3 is 2.79 bits per heavy atom. The van der Waals surface area contributed by atoms with Crippen molar-refractivity contribution in [3.05, 3.63) is 29.8 Å². The summed E-state index contributed by atoms with van der Waals surface area (Å²) in [5.74, 6) is 1.46. The van der Waals surface area contributed by atoms with Crippen LogP contribution < -0.4 is 4.74 Å². The number of hydrogen-bond donors (Lipinski definition) is 1. The molecular weight excluding hydrogens is 326 g/mol. The number of aliphatic carboxylic acids is 1. The van der Waals surface area contributed by atoms with E-state index in [0.29, 0.717) is 24.6 Å². The van der Waals surface area contributed by atoms with Crippen LogP contribution in [0, 0.1) is 11.8 Å². The summed E-state index contributed by atoms with van der Waals surface area (Å²) in [4.78, 5) is 25.8. The minimum Gasteiger partial charge on any atom is -0.497 e. The van der Waals surface area contributed by atoms with Gasteiger partial charge in [-0.05, 0) is 42.2 Å². The highest BCUT2D eigenvalue weighted by atomic mass is 32.2. The second kappa shape index (κ2) is 7.47. The Hall–Kier alpha value is -1.69. The van der Waals surface area contributed by atoms with Crippen molar-refractivity contribution in [3.8, 4) is 5.75 Å². The first-order valence-corrected chi connectivity index (χ1v) is 9.46. The third kappa shape index (κ3) is 4.04. The van der Waals surface area contributed by atoms with E-state index in [1.165, 1.54) is 12.8 Å². The van der Waals surface area contributed by atoms with E-state index in [2.05, 4.69) is 0 Å². The number of likely N-dealkylation sites (tertiary alicyclic amines) is 1. The van der Waals surface area contributed by atoms with Crippen LogP contribution in [0.15, 0.2) is 24.3 Å². The van der Waals surface area contributed by atoms with Gasteiger partial charge in [0.05, 0.1) is 18.8 Å². The number of carbonyl (C=O) groups excluding carboxylic acids is 1. The van der Waals surface area contributed by atoms with Crippen LogP contribution in [0.2, 0.25) is 0 Å². The molecule has 0 radical (unpaired) electrons. The number of ether oxygens (including phenoxy) is 1. The normalized spacial score (nSPS) is 23.3. The van der Waals surface area contributed by atoms with E-state index in [0.717, 1.165) is 17.2 Å². The van der Waals surface area contributed by atoms with Crippen LogP contribution in [-0.2, 0) is 9.59 Å². The van der Waals surface area contributed by atoms with Gasteiger partial charge in [0.15, 0.2) is 0 Å². The average molecular weight is 349 g/mol. The van der Waals surface area contributed by atoms with E-state index < -0.39 is 11.9 Å². The topological polar surface area (TPSA) is 66.8 Å². The molecule has 0 unspecified atom stereocenters. The number of carboxylic acids is 1. The fourth-order valence-electron chi connectivity index (χ4n) is 3.16. The largest absolute Gasteiger partial charge is 0.497 e. The van der Waals surface area contributed by atoms with Crippen molar-refractivity contribution in [2.75, 3.05) is 31.7 Å². The summed E-state index contributed by atoms with van der Waals surface area (Å²) in [6.07, 6.45) is 2.56. The van der Waals surface area contributed by atoms with Crippen LogP contribution in [-0.4, -0.2) is 53.6 Å². The molecule has 3 rings (SSSR count). The molecule has 130 valence electrons. The third-order valence-electron chi connectivity index (χ3n) is 4.79. The molecule has 2 atom stereocenters. The molecule has 6 heteroatoms. The first-order chi connectivity index (χ1) is 11.6. The van der Waals surface area contributed by atoms with Crippen molar-refractivity contribution in [3.63, 3.8) is 0 Å². The summed E-state index contributed by atoms with van der Waals surface area (Å²) in [7, 11) is 1.59. The first kappa shape index (κ1) is 17.1. The number of carbonyl (C=O) groups is 2. The fraction of sp³-hybridized carbons (Fsp3) is 0.556. The van der Waals surface area contributed by atoms with E-state index in [1.54, 1.807) is 23.8 Å². The number of nitrogens with zero attached hydrogens (tertiary/aromatic N) is 1. The van der Waals surface area contributed by atoms with Crippen LogP contribution in [0.1, 0.15) is 24.3 Å². The van der Waals surface area contributed by atoms with Gasteiger partial charge in [0, 0.05) is 19.0 Å². The highest BCUT2D eigenvalue weighted by Crippen LogP contribution is 2.35. The summed E-state index contributed by atoms with van der Waals surface area (Å²) in [6, 6.07) is 7.49. The molecule has 0 bridgehead atoms. The number of amides is 1. The smallest absolute Gasteiger partial charge is 0.308 e. The predicted octanol–water partition coefficient (Wildman–Crippen LogP) is 2.46. The van der Waals surface area contributed by atoms with E-state index >= 15 is 0 Å². The molecule has 1 aliphatic carbocycles. The second-order valence-electron chi connectivity index (χ2n) is 6.59. The number of rotatable bonds is 7. The number of carboxylic acid groups (broad SMARTS) is 1. The Kier molecular flexibility index (Phi) is 5.33. The molecule has 1 N–H and O–H groups in total. The summed E-state index contributed by atoms with van der Waals surface area (Å²) in [6.45, 7) is 0.757. The van der Waals surface area contributed by atoms with E-state index in [-0.39, 0.29) is 11.8 Å². The highest BCUT2D eigenvalue weighted by Gasteiger charge is 2.40. The minimum absolute atomic E-state index is 0.0531. The standard InChI is InChI=1S/C18H23NO4S/c1-23-14-4-2-3-13(7-14)15-8-19(9-16(15)18(21)22)17(20)11-24-10-12-5-6-12/h2-4,7,12,15-16H,5-6,8-11H2,1H3,(H,21,22)/t15-,16+/m0/s1. The minimum atomic E-state index is -0.844. The van der Waals surface area contributed by atoms with Gasteiger partial charge in [-0.25, -0.2) is 0 Å². The lowest BCUT2D eigenvalue weighted by Gasteiger charge is -2.17. The summed E-state index contributed by atoms with van der Waals surface area (Å²) in [5.41, 5.74) is 0.919. The van der Waals surface area contributed by atoms with Gasteiger partial charge >= 0.3 is 5.97 Å². The van der Waals surface area contributed by atoms with E-state index in [1.807, 2.05) is 24.3 Å². The molecular formula is C18H23NO4S. The van der Waals surface area contributed by atoms with Crippen LogP contribution in [0.25, 0.3) is 0 Å². The number of thioether (sulfide) groups is 1. The maximum Gasteiger partial charge on any atom is 0.308 e. The Morgan fingerprint density at radius 2 is 2.12 bits per heavy atom. The average Bonchev–Trinajstić information content (AvgIpc) is 3.29. The fourth-order valence-corrected chi connectivity index (χ4v) is 4.30. The number of benzene rings is 1. The summed E-state index contributed by atoms with van der Waals surface area (Å²) < 4.78 is 5.23. The molecule has 2 aliphatic rings. The van der Waals surface area contributed by atoms with Crippen molar-refractivity contribution in [2.24, 2.45) is 11.8 Å². The molecule has 5 nitrogen and oxygen atoms in total. The molecule has 1 aromatic rings. The zero-order valence-electron chi connectivity index (χ0n) is 13.8. The molecule has 2 fully saturated rings. The van der Waals surface area contributed by atoms with Crippen molar-refractivity contribution in [1.82, 2.24) is 4.90 Å². The van der Waals surface area contributed by atoms with Crippen LogP contribution in [0.3, 0.4) is 0 Å². The second-order valence-corrected chi connectivity index (χ2v) is 7.62. The molecule has 1 saturated carbocycles. The zero-order valence-corrected chi connectivity index (χ0v) is 14.6. The van der Waals surface area contributed by atoms with Gasteiger partial charge < -0.3 is 14.7 Å². The van der Waals surface area contributed by atoms with Gasteiger partial charge in [-0.15, -0.1) is 0 Å². The summed E-state index contributed by atoms with van der Waals surface area (Å²) in [5, 5.41) is 9.55. The van der Waals surface area contributed by atoms with Gasteiger partial charge in [0.1, 0.15) is 5.75 Å². The Balaban J connectivity index is 1.66. The molecule has 24 heavy (non-hydrogen) atoms. The molecule has 0 spiro atoms. The predicted molar refractivity (Wildman–Crippen MR) is 93.5 cm³/mol. The molecule has 0 aromatic heterocycles. The lowest BCUT2D eigenvalue weighted by molar-refractivity contribution is -0.141. The van der Waals surface area contributed by atoms with Gasteiger partial charge in [0.2, 0.25) is 5.91 Å². The van der Waals surface area contributed by atoms with Gasteiger partial charge in [-0.1, -0.05) is 12.1 Å². The molecule has 1 heterocycles. The highest BCUT2D eigenvalue weighted by molar-refractivity contribution is 7.99. The van der Waals surface area contributed by atoms with E-state index in [9.17, 15) is 14.7 Å². The number of hydrogen-bond acceptors (Lipinski definition) is 4. The summed E-state index contributed by atoms with van der Waals surface area (Å²) >= 11 is 1.67. The van der Waals surface area contributed by atoms with Crippen LogP contribution in [0.5, 0.6) is 5.75 Å². The number of methoxy groups -OCH3 is 1. The Bertz CT molecular complexity index is 617. The van der Waals surface area contributed by atoms with Gasteiger partial charge in [-0.2, -0.15) is 11.8 Å². The van der Waals surface area contributed by atoms with Crippen molar-refractivity contribution in [1.29, 1.82) is 0 Å². The van der Waals surface area contributed by atoms with Crippen LogP contribution >= 0.6 is 11.8 Å². The zero-order chi connectivity index (χ0) is 17.1. The quantitative estimate of drug-likeness (QED) is 0.819. The third-order valence-corrected chi connectivity index (χ3v) is 5.95. The van der Waals surface area contributed by atoms with Crippen molar-refractivity contribution >= 4 is 23.6 Å². The lowest BCUT2D eigenvalue weighted by Crippen LogP contribution is -2.31. The molecule has 1 aromatic carbocycles. The molecule has 1 aliphatic heterocycles. The monoisotopic (exact) mass is 349 g/mol. The maximum atomic E-state index is 12.4. The van der Waals surface area contributed by atoms with Gasteiger partial charge in [0.25, 0.3) is 0 Å². The first-order valence-electron chi connectivity index (χ1n) is 8.30. The Labute approximate surface area is 146 Å². The van der Waals surface area contributed by atoms with Crippen molar-refractivity contribution < 1.29 is 19.4 Å². The SMILES string of the molecule is COc1cccc([C@@H]2CN(C(=O)CSCC3CC3)C[C@H]2C(=O)O)c1. The maximum absolute atomic E-state index is 12.4. The van der Waals surface area contributed by atoms with Crippen molar-refractivity contribution in [2.45, 2.75) is 18.8 Å². The van der Waals surface area contributed by atoms with Crippen LogP contribution in [0.4, 0.5) is 0 Å². The molecule has 1 amide bonds. The Morgan fingerprint density at radius 1 is 1.33 bits per heavy atom. The van der Waals surface area contributed by atoms with E-state index in [4.69, 9.17) is 4.74 Å².